The Bertz CT molecular complexity index is 1050. The van der Waals surface area contributed by atoms with E-state index in [1.54, 1.807) is 31.2 Å². The predicted molar refractivity (Wildman–Crippen MR) is 109 cm³/mol. The van der Waals surface area contributed by atoms with Crippen LogP contribution < -0.4 is 4.74 Å². The number of aromatic nitrogens is 2. The summed E-state index contributed by atoms with van der Waals surface area (Å²) in [6.45, 7) is 3.77. The van der Waals surface area contributed by atoms with Crippen molar-refractivity contribution in [2.75, 3.05) is 13.2 Å². The van der Waals surface area contributed by atoms with Gasteiger partial charge in [-0.1, -0.05) is 16.8 Å². The average molecular weight is 431 g/mol. The van der Waals surface area contributed by atoms with Gasteiger partial charge in [-0.15, -0.1) is 0 Å². The molecule has 0 atom stereocenters. The molecule has 0 spiro atoms. The quantitative estimate of drug-likeness (QED) is 0.391. The predicted octanol–water partition coefficient (Wildman–Crippen LogP) is 4.03. The fourth-order valence-corrected chi connectivity index (χ4v) is 2.86. The Labute approximate surface area is 177 Å². The van der Waals surface area contributed by atoms with Crippen LogP contribution in [0.25, 0.3) is 11.4 Å². The van der Waals surface area contributed by atoms with E-state index in [-0.39, 0.29) is 24.7 Å². The molecule has 1 aromatic heterocycles. The number of nitro benzene ring substituents is 1. The molecule has 0 aliphatic rings. The highest BCUT2D eigenvalue weighted by Crippen LogP contribution is 2.23. The number of hydrogen-bond acceptors (Lipinski definition) is 7. The highest BCUT2D eigenvalue weighted by Gasteiger charge is 2.18. The highest BCUT2D eigenvalue weighted by atomic mass is 35.5. The third-order valence-electron chi connectivity index (χ3n) is 4.36. The molecule has 9 nitrogen and oxygen atoms in total. The van der Waals surface area contributed by atoms with Crippen LogP contribution in [0.4, 0.5) is 5.69 Å². The van der Waals surface area contributed by atoms with Crippen LogP contribution >= 0.6 is 11.6 Å². The Kier molecular flexibility index (Phi) is 6.63. The first-order chi connectivity index (χ1) is 14.4. The minimum atomic E-state index is -0.466. The summed E-state index contributed by atoms with van der Waals surface area (Å²) in [5.41, 5.74) is 1.20. The number of carbonyl (C=O) groups is 1. The van der Waals surface area contributed by atoms with Gasteiger partial charge >= 0.3 is 0 Å². The molecule has 0 saturated heterocycles. The highest BCUT2D eigenvalue weighted by molar-refractivity contribution is 6.30. The molecule has 156 valence electrons. The third-order valence-corrected chi connectivity index (χ3v) is 4.61. The van der Waals surface area contributed by atoms with Gasteiger partial charge in [0.2, 0.25) is 11.7 Å². The number of nitro groups is 1. The van der Waals surface area contributed by atoms with Crippen LogP contribution in [-0.2, 0) is 11.3 Å². The van der Waals surface area contributed by atoms with Gasteiger partial charge in [0.25, 0.3) is 11.6 Å². The molecule has 0 fully saturated rings. The number of ether oxygens (including phenoxy) is 1. The first kappa shape index (κ1) is 21.3. The molecule has 10 heteroatoms. The molecule has 2 aromatic carbocycles. The molecule has 0 bridgehead atoms. The number of rotatable bonds is 8. The van der Waals surface area contributed by atoms with Gasteiger partial charge < -0.3 is 14.2 Å². The zero-order valence-electron chi connectivity index (χ0n) is 16.4. The van der Waals surface area contributed by atoms with Crippen LogP contribution in [0.1, 0.15) is 18.4 Å². The van der Waals surface area contributed by atoms with Crippen molar-refractivity contribution in [3.05, 3.63) is 69.1 Å². The van der Waals surface area contributed by atoms with E-state index in [0.29, 0.717) is 34.6 Å². The molecule has 0 unspecified atom stereocenters. The number of hydrogen-bond donors (Lipinski definition) is 0. The van der Waals surface area contributed by atoms with Crippen molar-refractivity contribution in [2.24, 2.45) is 0 Å². The summed E-state index contributed by atoms with van der Waals surface area (Å²) in [5, 5.41) is 15.4. The topological polar surface area (TPSA) is 112 Å². The van der Waals surface area contributed by atoms with Gasteiger partial charge in [0, 0.05) is 28.8 Å². The molecule has 0 aliphatic carbocycles. The van der Waals surface area contributed by atoms with Crippen molar-refractivity contribution < 1.29 is 19.0 Å². The molecule has 0 saturated carbocycles. The maximum atomic E-state index is 12.5. The number of aryl methyl sites for hydroxylation is 1. The van der Waals surface area contributed by atoms with Crippen molar-refractivity contribution in [3.8, 4) is 17.1 Å². The van der Waals surface area contributed by atoms with E-state index in [1.165, 1.54) is 23.1 Å². The summed E-state index contributed by atoms with van der Waals surface area (Å²) in [6.07, 6.45) is 0. The Morgan fingerprint density at radius 1 is 1.27 bits per heavy atom. The van der Waals surface area contributed by atoms with Gasteiger partial charge in [-0.2, -0.15) is 4.98 Å². The van der Waals surface area contributed by atoms with Crippen LogP contribution in [0.15, 0.2) is 47.0 Å². The number of halogens is 1. The number of benzene rings is 2. The van der Waals surface area contributed by atoms with E-state index in [1.807, 2.05) is 6.92 Å². The zero-order chi connectivity index (χ0) is 21.7. The number of amides is 1. The van der Waals surface area contributed by atoms with Crippen molar-refractivity contribution >= 4 is 23.2 Å². The lowest BCUT2D eigenvalue weighted by Gasteiger charge is -2.19. The van der Waals surface area contributed by atoms with Crippen LogP contribution in [0.5, 0.6) is 5.75 Å². The molecule has 0 aliphatic heterocycles. The van der Waals surface area contributed by atoms with Gasteiger partial charge in [-0.25, -0.2) is 0 Å². The molecule has 3 rings (SSSR count). The normalized spacial score (nSPS) is 10.6. The monoisotopic (exact) mass is 430 g/mol. The van der Waals surface area contributed by atoms with E-state index < -0.39 is 4.92 Å². The number of carbonyl (C=O) groups excluding carboxylic acids is 1. The van der Waals surface area contributed by atoms with Crippen molar-refractivity contribution in [1.29, 1.82) is 0 Å². The van der Waals surface area contributed by atoms with Gasteiger partial charge in [0.05, 0.1) is 4.92 Å². The third kappa shape index (κ3) is 5.12. The van der Waals surface area contributed by atoms with E-state index in [0.717, 1.165) is 5.56 Å². The first-order valence-electron chi connectivity index (χ1n) is 9.11. The van der Waals surface area contributed by atoms with E-state index in [4.69, 9.17) is 20.9 Å². The largest absolute Gasteiger partial charge is 0.484 e. The van der Waals surface area contributed by atoms with Crippen LogP contribution in [0.2, 0.25) is 5.02 Å². The fraction of sp³-hybridized carbons (Fsp3) is 0.250. The Hall–Kier alpha value is -3.46. The molecule has 0 N–H and O–H groups in total. The molecule has 0 radical (unpaired) electrons. The standard InChI is InChI=1S/C20H19ClN4O5/c1-3-24(11-18-22-20(23-30-18)14-4-6-15(21)7-5-14)19(26)12-29-16-8-9-17(25(27)28)13(2)10-16/h4-10H,3,11-12H2,1-2H3. The minimum absolute atomic E-state index is 0.00301. The number of nitrogens with zero attached hydrogens (tertiary/aromatic N) is 4. The minimum Gasteiger partial charge on any atom is -0.484 e. The molecule has 30 heavy (non-hydrogen) atoms. The van der Waals surface area contributed by atoms with Gasteiger partial charge in [-0.05, 0) is 50.2 Å². The Balaban J connectivity index is 1.61. The lowest BCUT2D eigenvalue weighted by molar-refractivity contribution is -0.385. The van der Waals surface area contributed by atoms with E-state index in [9.17, 15) is 14.9 Å². The maximum Gasteiger partial charge on any atom is 0.272 e. The first-order valence-corrected chi connectivity index (χ1v) is 9.49. The molecular formula is C20H19ClN4O5. The van der Waals surface area contributed by atoms with Gasteiger partial charge in [0.1, 0.15) is 12.3 Å². The summed E-state index contributed by atoms with van der Waals surface area (Å²) < 4.78 is 10.7. The average Bonchev–Trinajstić information content (AvgIpc) is 3.19. The van der Waals surface area contributed by atoms with E-state index in [2.05, 4.69) is 10.1 Å². The van der Waals surface area contributed by atoms with E-state index >= 15 is 0 Å². The Morgan fingerprint density at radius 2 is 2.00 bits per heavy atom. The summed E-state index contributed by atoms with van der Waals surface area (Å²) >= 11 is 5.88. The van der Waals surface area contributed by atoms with Gasteiger partial charge in [-0.3, -0.25) is 14.9 Å². The Morgan fingerprint density at radius 3 is 2.63 bits per heavy atom. The zero-order valence-corrected chi connectivity index (χ0v) is 17.1. The van der Waals surface area contributed by atoms with Gasteiger partial charge in [0.15, 0.2) is 6.61 Å². The summed E-state index contributed by atoms with van der Waals surface area (Å²) in [6, 6.07) is 11.4. The molecular weight excluding hydrogens is 412 g/mol. The smallest absolute Gasteiger partial charge is 0.272 e. The second-order valence-electron chi connectivity index (χ2n) is 6.42. The van der Waals surface area contributed by atoms with Crippen LogP contribution in [-0.4, -0.2) is 39.0 Å². The molecule has 3 aromatic rings. The van der Waals surface area contributed by atoms with Crippen LogP contribution in [0.3, 0.4) is 0 Å². The van der Waals surface area contributed by atoms with Crippen molar-refractivity contribution in [3.63, 3.8) is 0 Å². The summed E-state index contributed by atoms with van der Waals surface area (Å²) in [7, 11) is 0. The SMILES string of the molecule is CCN(Cc1nc(-c2ccc(Cl)cc2)no1)C(=O)COc1ccc([N+](=O)[O-])c(C)c1. The second-order valence-corrected chi connectivity index (χ2v) is 6.86. The van der Waals surface area contributed by atoms with Crippen molar-refractivity contribution in [2.45, 2.75) is 20.4 Å². The molecule has 1 heterocycles. The molecule has 1 amide bonds. The van der Waals surface area contributed by atoms with Crippen molar-refractivity contribution in [1.82, 2.24) is 15.0 Å². The lowest BCUT2D eigenvalue weighted by Crippen LogP contribution is -2.34. The lowest BCUT2D eigenvalue weighted by atomic mass is 10.2. The summed E-state index contributed by atoms with van der Waals surface area (Å²) in [4.78, 5) is 28.8. The second kappa shape index (κ2) is 9.36. The fourth-order valence-electron chi connectivity index (χ4n) is 2.73. The van der Waals surface area contributed by atoms with Crippen LogP contribution in [0, 0.1) is 17.0 Å². The number of likely N-dealkylation sites (N-methyl/N-ethyl adjacent to an activating group) is 1. The maximum absolute atomic E-state index is 12.5. The summed E-state index contributed by atoms with van der Waals surface area (Å²) in [5.74, 6) is 0.800.